The first-order chi connectivity index (χ1) is 8.20. The fourth-order valence-corrected chi connectivity index (χ4v) is 2.66. The number of H-pyrrole nitrogens is 1. The Morgan fingerprint density at radius 2 is 2.24 bits per heavy atom. The first kappa shape index (κ1) is 12.7. The fourth-order valence-electron chi connectivity index (χ4n) is 2.25. The Morgan fingerprint density at radius 3 is 2.82 bits per heavy atom. The number of nitrogens with one attached hydrogen (secondary N) is 1. The molecule has 1 fully saturated rings. The van der Waals surface area contributed by atoms with Gasteiger partial charge in [0.15, 0.2) is 0 Å². The minimum atomic E-state index is 0.302. The largest absolute Gasteiger partial charge is 0.340 e. The van der Waals surface area contributed by atoms with E-state index in [4.69, 9.17) is 5.73 Å². The van der Waals surface area contributed by atoms with Crippen molar-refractivity contribution in [3.05, 3.63) is 5.82 Å². The molecule has 1 atom stereocenters. The number of aromatic nitrogens is 3. The zero-order valence-electron chi connectivity index (χ0n) is 10.5. The second-order valence-corrected chi connectivity index (χ2v) is 5.56. The molecule has 6 heteroatoms. The number of aromatic amines is 1. The molecule has 0 bridgehead atoms. The Morgan fingerprint density at radius 1 is 1.53 bits per heavy atom. The minimum absolute atomic E-state index is 0.302. The van der Waals surface area contributed by atoms with Crippen LogP contribution in [-0.4, -0.2) is 40.6 Å². The Balaban J connectivity index is 1.91. The maximum absolute atomic E-state index is 5.94. The van der Waals surface area contributed by atoms with E-state index in [0.717, 1.165) is 43.5 Å². The number of piperidine rings is 1. The smallest absolute Gasteiger partial charge is 0.244 e. The fraction of sp³-hybridized carbons (Fsp3) is 0.818. The molecule has 0 saturated carbocycles. The summed E-state index contributed by atoms with van der Waals surface area (Å²) in [6.07, 6.45) is 4.35. The van der Waals surface area contributed by atoms with Crippen molar-refractivity contribution >= 4 is 17.7 Å². The second-order valence-electron chi connectivity index (χ2n) is 4.70. The van der Waals surface area contributed by atoms with Gasteiger partial charge in [-0.2, -0.15) is 16.7 Å². The normalized spacial score (nSPS) is 19.6. The van der Waals surface area contributed by atoms with Gasteiger partial charge in [-0.3, -0.25) is 5.10 Å². The van der Waals surface area contributed by atoms with Gasteiger partial charge in [0.25, 0.3) is 0 Å². The Hall–Kier alpha value is -0.750. The number of anilines is 1. The van der Waals surface area contributed by atoms with E-state index < -0.39 is 0 Å². The van der Waals surface area contributed by atoms with Crippen LogP contribution in [0.4, 0.5) is 5.95 Å². The molecule has 0 aliphatic carbocycles. The number of thioether (sulfide) groups is 1. The molecule has 1 aliphatic heterocycles. The van der Waals surface area contributed by atoms with Gasteiger partial charge in [0, 0.05) is 19.1 Å². The highest BCUT2D eigenvalue weighted by molar-refractivity contribution is 7.97. The highest BCUT2D eigenvalue weighted by Gasteiger charge is 2.23. The van der Waals surface area contributed by atoms with E-state index >= 15 is 0 Å². The average Bonchev–Trinajstić information content (AvgIpc) is 2.78. The van der Waals surface area contributed by atoms with Gasteiger partial charge in [-0.1, -0.05) is 0 Å². The van der Waals surface area contributed by atoms with E-state index in [0.29, 0.717) is 12.0 Å². The van der Waals surface area contributed by atoms with Gasteiger partial charge in [-0.05, 0) is 31.9 Å². The average molecular weight is 255 g/mol. The number of rotatable bonds is 4. The predicted octanol–water partition coefficient (Wildman–Crippen LogP) is 1.23. The first-order valence-electron chi connectivity index (χ1n) is 6.11. The summed E-state index contributed by atoms with van der Waals surface area (Å²) in [5, 5.41) is 7.26. The van der Waals surface area contributed by atoms with Gasteiger partial charge < -0.3 is 10.6 Å². The summed E-state index contributed by atoms with van der Waals surface area (Å²) in [6.45, 7) is 4.13. The van der Waals surface area contributed by atoms with Gasteiger partial charge in [0.1, 0.15) is 5.82 Å². The van der Waals surface area contributed by atoms with Crippen molar-refractivity contribution in [3.8, 4) is 0 Å². The highest BCUT2D eigenvalue weighted by Crippen LogP contribution is 2.22. The van der Waals surface area contributed by atoms with Crippen molar-refractivity contribution in [2.45, 2.75) is 31.6 Å². The molecular weight excluding hydrogens is 234 g/mol. The molecule has 1 aromatic rings. The van der Waals surface area contributed by atoms with Crippen molar-refractivity contribution in [2.75, 3.05) is 24.2 Å². The van der Waals surface area contributed by atoms with Crippen LogP contribution in [0.25, 0.3) is 0 Å². The third-order valence-corrected chi connectivity index (χ3v) is 3.93. The topological polar surface area (TPSA) is 70.8 Å². The van der Waals surface area contributed by atoms with E-state index in [1.54, 1.807) is 11.8 Å². The molecule has 1 unspecified atom stereocenters. The summed E-state index contributed by atoms with van der Waals surface area (Å²) >= 11 is 1.75. The van der Waals surface area contributed by atoms with Crippen LogP contribution in [-0.2, 0) is 5.75 Å². The van der Waals surface area contributed by atoms with E-state index in [9.17, 15) is 0 Å². The summed E-state index contributed by atoms with van der Waals surface area (Å²) < 4.78 is 0. The van der Waals surface area contributed by atoms with Crippen LogP contribution >= 0.6 is 11.8 Å². The van der Waals surface area contributed by atoms with E-state index in [1.807, 2.05) is 0 Å². The molecule has 1 aromatic heterocycles. The van der Waals surface area contributed by atoms with E-state index in [1.165, 1.54) is 0 Å². The standard InChI is InChI=1S/C11H21N5S/c1-8(12)9-3-5-16(6-4-9)11-13-10(7-17-2)14-15-11/h8-9H,3-7,12H2,1-2H3,(H,13,14,15). The van der Waals surface area contributed by atoms with Crippen LogP contribution in [0.1, 0.15) is 25.6 Å². The maximum Gasteiger partial charge on any atom is 0.244 e. The molecule has 0 spiro atoms. The molecule has 1 aliphatic rings. The zero-order chi connectivity index (χ0) is 12.3. The quantitative estimate of drug-likeness (QED) is 0.847. The minimum Gasteiger partial charge on any atom is -0.340 e. The summed E-state index contributed by atoms with van der Waals surface area (Å²) in [5.41, 5.74) is 5.94. The molecule has 0 aromatic carbocycles. The van der Waals surface area contributed by atoms with Gasteiger partial charge in [-0.15, -0.1) is 5.10 Å². The predicted molar refractivity (Wildman–Crippen MR) is 72.2 cm³/mol. The Kier molecular flexibility index (Phi) is 4.28. The van der Waals surface area contributed by atoms with Crippen LogP contribution in [0, 0.1) is 5.92 Å². The molecular formula is C11H21N5S. The van der Waals surface area contributed by atoms with Crippen molar-refractivity contribution < 1.29 is 0 Å². The number of hydrogen-bond acceptors (Lipinski definition) is 5. The lowest BCUT2D eigenvalue weighted by Gasteiger charge is -2.32. The van der Waals surface area contributed by atoms with Crippen molar-refractivity contribution in [3.63, 3.8) is 0 Å². The molecule has 1 saturated heterocycles. The Bertz CT molecular complexity index is 343. The molecule has 0 radical (unpaired) electrons. The SMILES string of the molecule is CSCc1nc(N2CCC(C(C)N)CC2)n[nH]1. The van der Waals surface area contributed by atoms with Crippen LogP contribution in [0.5, 0.6) is 0 Å². The summed E-state index contributed by atoms with van der Waals surface area (Å²) in [7, 11) is 0. The summed E-state index contributed by atoms with van der Waals surface area (Å²) in [6, 6.07) is 0.302. The number of nitrogens with zero attached hydrogens (tertiary/aromatic N) is 3. The van der Waals surface area contributed by atoms with E-state index in [2.05, 4.69) is 33.3 Å². The highest BCUT2D eigenvalue weighted by atomic mass is 32.2. The maximum atomic E-state index is 5.94. The van der Waals surface area contributed by atoms with Crippen LogP contribution in [0.15, 0.2) is 0 Å². The van der Waals surface area contributed by atoms with Gasteiger partial charge in [-0.25, -0.2) is 0 Å². The summed E-state index contributed by atoms with van der Waals surface area (Å²) in [5.74, 6) is 3.35. The lowest BCUT2D eigenvalue weighted by atomic mass is 9.91. The van der Waals surface area contributed by atoms with Crippen molar-refractivity contribution in [1.29, 1.82) is 0 Å². The lowest BCUT2D eigenvalue weighted by molar-refractivity contribution is 0.352. The van der Waals surface area contributed by atoms with Gasteiger partial charge in [0.2, 0.25) is 5.95 Å². The third-order valence-electron chi connectivity index (χ3n) is 3.37. The van der Waals surface area contributed by atoms with Crippen molar-refractivity contribution in [1.82, 2.24) is 15.2 Å². The Labute approximate surface area is 107 Å². The first-order valence-corrected chi connectivity index (χ1v) is 7.51. The van der Waals surface area contributed by atoms with Gasteiger partial charge >= 0.3 is 0 Å². The summed E-state index contributed by atoms with van der Waals surface area (Å²) in [4.78, 5) is 6.75. The molecule has 2 heterocycles. The molecule has 3 N–H and O–H groups in total. The van der Waals surface area contributed by atoms with Crippen LogP contribution < -0.4 is 10.6 Å². The molecule has 2 rings (SSSR count). The lowest BCUT2D eigenvalue weighted by Crippen LogP contribution is -2.40. The molecule has 17 heavy (non-hydrogen) atoms. The van der Waals surface area contributed by atoms with Gasteiger partial charge in [0.05, 0.1) is 5.75 Å². The van der Waals surface area contributed by atoms with Crippen LogP contribution in [0.2, 0.25) is 0 Å². The van der Waals surface area contributed by atoms with E-state index in [-0.39, 0.29) is 0 Å². The second kappa shape index (κ2) is 5.73. The van der Waals surface area contributed by atoms with Crippen molar-refractivity contribution in [2.24, 2.45) is 11.7 Å². The number of nitrogens with two attached hydrogens (primary N) is 1. The molecule has 96 valence electrons. The van der Waals surface area contributed by atoms with Crippen LogP contribution in [0.3, 0.4) is 0 Å². The zero-order valence-corrected chi connectivity index (χ0v) is 11.3. The molecule has 5 nitrogen and oxygen atoms in total. The monoisotopic (exact) mass is 255 g/mol. The molecule has 0 amide bonds. The number of hydrogen-bond donors (Lipinski definition) is 2. The third kappa shape index (κ3) is 3.13.